The highest BCUT2D eigenvalue weighted by Gasteiger charge is 2.57. The number of anilines is 1. The van der Waals surface area contributed by atoms with E-state index in [4.69, 9.17) is 0 Å². The van der Waals surface area contributed by atoms with Gasteiger partial charge >= 0.3 is 0 Å². The minimum Gasteiger partial charge on any atom is -0.642 e. The molecule has 1 N–H and O–H groups in total. The van der Waals surface area contributed by atoms with Gasteiger partial charge in [-0.25, -0.2) is 4.67 Å². The van der Waals surface area contributed by atoms with Crippen molar-refractivity contribution in [3.63, 3.8) is 0 Å². The molecule has 1 unspecified atom stereocenters. The zero-order valence-electron chi connectivity index (χ0n) is 14.5. The number of fused-ring (bicyclic) bond motifs is 2. The average Bonchev–Trinajstić information content (AvgIpc) is 3.25. The Morgan fingerprint density at radius 1 is 0.962 bits per heavy atom. The van der Waals surface area contributed by atoms with Crippen LogP contribution in [-0.2, 0) is 0 Å². The summed E-state index contributed by atoms with van der Waals surface area (Å²) >= 11 is 0. The zero-order valence-corrected chi connectivity index (χ0v) is 15.3. The standard InChI is InChI=1S/C21H21N2O2P/c24-21-19-11-5-4-7-16(19)12-13-20(21)26(25)22-14-6-10-18(22)15-23(26)17-8-2-1-3-9-17/h1-5,7-9,11-13,18,24H,6,10,14-15H2/t18-,26?/m0/s1. The van der Waals surface area contributed by atoms with Gasteiger partial charge in [0.2, 0.25) is 0 Å². The molecular weight excluding hydrogens is 343 g/mol. The van der Waals surface area contributed by atoms with Crippen LogP contribution in [-0.4, -0.2) is 28.9 Å². The largest absolute Gasteiger partial charge is 0.642 e. The summed E-state index contributed by atoms with van der Waals surface area (Å²) in [5.41, 5.74) is 0.956. The third kappa shape index (κ3) is 2.20. The number of phenols is 1. The average molecular weight is 364 g/mol. The van der Waals surface area contributed by atoms with Crippen LogP contribution >= 0.6 is 7.79 Å². The Morgan fingerprint density at radius 2 is 1.73 bits per heavy atom. The normalized spacial score (nSPS) is 25.7. The number of rotatable bonds is 2. The van der Waals surface area contributed by atoms with E-state index < -0.39 is 7.79 Å². The van der Waals surface area contributed by atoms with Crippen LogP contribution in [0.25, 0.3) is 10.8 Å². The van der Waals surface area contributed by atoms with Crippen molar-refractivity contribution in [1.82, 2.24) is 4.67 Å². The van der Waals surface area contributed by atoms with Crippen LogP contribution in [0.5, 0.6) is 5.75 Å². The lowest BCUT2D eigenvalue weighted by Crippen LogP contribution is -2.41. The second-order valence-electron chi connectivity index (χ2n) is 7.08. The van der Waals surface area contributed by atoms with E-state index in [2.05, 4.69) is 4.67 Å². The van der Waals surface area contributed by atoms with Gasteiger partial charge in [0, 0.05) is 11.9 Å². The molecule has 2 saturated heterocycles. The van der Waals surface area contributed by atoms with Crippen LogP contribution in [0, 0.1) is 0 Å². The van der Waals surface area contributed by atoms with Gasteiger partial charge in [0.25, 0.3) is 0 Å². The van der Waals surface area contributed by atoms with Crippen molar-refractivity contribution in [1.29, 1.82) is 0 Å². The van der Waals surface area contributed by atoms with Gasteiger partial charge in [0.05, 0.1) is 18.3 Å². The molecule has 0 spiro atoms. The molecule has 0 radical (unpaired) electrons. The van der Waals surface area contributed by atoms with Gasteiger partial charge in [-0.15, -0.1) is 0 Å². The minimum absolute atomic E-state index is 0.153. The van der Waals surface area contributed by atoms with E-state index in [1.807, 2.05) is 71.4 Å². The molecule has 2 heterocycles. The second-order valence-corrected chi connectivity index (χ2v) is 9.64. The first kappa shape index (κ1) is 16.1. The molecule has 2 aliphatic heterocycles. The van der Waals surface area contributed by atoms with E-state index in [9.17, 15) is 10.00 Å². The topological polar surface area (TPSA) is 49.8 Å². The summed E-state index contributed by atoms with van der Waals surface area (Å²) in [5, 5.41) is 13.3. The summed E-state index contributed by atoms with van der Waals surface area (Å²) in [5.74, 6) is 0.153. The van der Waals surface area contributed by atoms with Gasteiger partial charge in [-0.3, -0.25) is 0 Å². The van der Waals surface area contributed by atoms with Crippen LogP contribution in [0.4, 0.5) is 5.69 Å². The molecule has 2 fully saturated rings. The van der Waals surface area contributed by atoms with E-state index in [1.165, 1.54) is 0 Å². The highest BCUT2D eigenvalue weighted by Crippen LogP contribution is 2.66. The van der Waals surface area contributed by atoms with Crippen molar-refractivity contribution >= 4 is 29.6 Å². The molecule has 0 bridgehead atoms. The maximum atomic E-state index is 14.5. The molecule has 0 saturated carbocycles. The Kier molecular flexibility index (Phi) is 3.68. The Bertz CT molecular complexity index is 965. The van der Waals surface area contributed by atoms with Crippen LogP contribution < -0.4 is 14.9 Å². The summed E-state index contributed by atoms with van der Waals surface area (Å²) in [6.45, 7) is 1.56. The zero-order chi connectivity index (χ0) is 17.7. The predicted molar refractivity (Wildman–Crippen MR) is 106 cm³/mol. The van der Waals surface area contributed by atoms with Crippen LogP contribution in [0.3, 0.4) is 0 Å². The Labute approximate surface area is 153 Å². The molecular formula is C21H21N2O2P. The first-order valence-corrected chi connectivity index (χ1v) is 10.7. The van der Waals surface area contributed by atoms with Gasteiger partial charge in [0.1, 0.15) is 0 Å². The molecule has 2 aliphatic rings. The van der Waals surface area contributed by atoms with Crippen molar-refractivity contribution in [2.24, 2.45) is 0 Å². The summed E-state index contributed by atoms with van der Waals surface area (Å²) in [7, 11) is -3.08. The van der Waals surface area contributed by atoms with Crippen molar-refractivity contribution in [2.75, 3.05) is 17.8 Å². The van der Waals surface area contributed by atoms with Crippen molar-refractivity contribution in [2.45, 2.75) is 18.9 Å². The number of hydrogen-bond acceptors (Lipinski definition) is 4. The Morgan fingerprint density at radius 3 is 2.58 bits per heavy atom. The third-order valence-electron chi connectivity index (χ3n) is 5.65. The first-order chi connectivity index (χ1) is 12.7. The molecule has 5 rings (SSSR count). The lowest BCUT2D eigenvalue weighted by atomic mass is 10.1. The summed E-state index contributed by atoms with van der Waals surface area (Å²) in [6.07, 6.45) is 2.12. The number of phenolic OH excluding ortho intramolecular Hbond substituents is 1. The lowest BCUT2D eigenvalue weighted by Gasteiger charge is -2.40. The number of nitrogens with zero attached hydrogens (tertiary/aromatic N) is 2. The van der Waals surface area contributed by atoms with Gasteiger partial charge in [-0.1, -0.05) is 48.5 Å². The fraction of sp³-hybridized carbons (Fsp3) is 0.238. The molecule has 2 atom stereocenters. The van der Waals surface area contributed by atoms with E-state index >= 15 is 0 Å². The fourth-order valence-corrected chi connectivity index (χ4v) is 7.80. The van der Waals surface area contributed by atoms with Crippen molar-refractivity contribution < 1.29 is 10.00 Å². The van der Waals surface area contributed by atoms with E-state index in [0.29, 0.717) is 5.30 Å². The molecule has 4 nitrogen and oxygen atoms in total. The molecule has 5 heteroatoms. The van der Waals surface area contributed by atoms with E-state index in [1.54, 1.807) is 0 Å². The lowest BCUT2D eigenvalue weighted by molar-refractivity contribution is -0.176. The number of aromatic hydroxyl groups is 1. The molecule has 0 amide bonds. The van der Waals surface area contributed by atoms with Crippen LogP contribution in [0.1, 0.15) is 12.8 Å². The summed E-state index contributed by atoms with van der Waals surface area (Å²) in [4.78, 5) is 14.5. The van der Waals surface area contributed by atoms with Crippen LogP contribution in [0.15, 0.2) is 66.7 Å². The summed E-state index contributed by atoms with van der Waals surface area (Å²) < 4.78 is 4.17. The predicted octanol–water partition coefficient (Wildman–Crippen LogP) is 3.28. The molecule has 0 aromatic heterocycles. The SMILES string of the molecule is [O-][P+]1(c2ccc3ccccc3c2O)N(c2ccccc2)C[C@@H]2CCCN21. The fourth-order valence-electron chi connectivity index (χ4n) is 4.42. The maximum absolute atomic E-state index is 14.5. The number of hydrogen-bond donors (Lipinski definition) is 1. The van der Waals surface area contributed by atoms with E-state index in [0.717, 1.165) is 42.4 Å². The van der Waals surface area contributed by atoms with Crippen LogP contribution in [0.2, 0.25) is 0 Å². The number of benzene rings is 3. The minimum atomic E-state index is -3.08. The van der Waals surface area contributed by atoms with Gasteiger partial charge < -0.3 is 10.00 Å². The molecule has 26 heavy (non-hydrogen) atoms. The molecule has 3 aromatic rings. The summed E-state index contributed by atoms with van der Waals surface area (Å²) in [6, 6.07) is 21.8. The first-order valence-electron chi connectivity index (χ1n) is 9.11. The Balaban J connectivity index is 1.72. The Hall–Kier alpha value is -2.13. The van der Waals surface area contributed by atoms with Gasteiger partial charge in [-0.05, 0) is 36.4 Å². The van der Waals surface area contributed by atoms with Crippen molar-refractivity contribution in [3.8, 4) is 5.75 Å². The van der Waals surface area contributed by atoms with Gasteiger partial charge in [-0.2, -0.15) is 4.67 Å². The van der Waals surface area contributed by atoms with Gasteiger partial charge in [0.15, 0.2) is 18.8 Å². The molecule has 132 valence electrons. The molecule has 0 aliphatic carbocycles. The monoisotopic (exact) mass is 364 g/mol. The maximum Gasteiger partial charge on any atom is 0.172 e. The molecule has 3 aromatic carbocycles. The highest BCUT2D eigenvalue weighted by atomic mass is 31.2. The third-order valence-corrected chi connectivity index (χ3v) is 8.91. The quantitative estimate of drug-likeness (QED) is 0.709. The van der Waals surface area contributed by atoms with Crippen molar-refractivity contribution in [3.05, 3.63) is 66.7 Å². The highest BCUT2D eigenvalue weighted by molar-refractivity contribution is 7.76. The number of para-hydroxylation sites is 1. The smallest absolute Gasteiger partial charge is 0.172 e. The second kappa shape index (κ2) is 5.95. The van der Waals surface area contributed by atoms with E-state index in [-0.39, 0.29) is 11.8 Å².